The lowest BCUT2D eigenvalue weighted by Crippen LogP contribution is -1.80. The van der Waals surface area contributed by atoms with Gasteiger partial charge in [0.2, 0.25) is 0 Å². The first-order valence-electron chi connectivity index (χ1n) is 6.11. The van der Waals surface area contributed by atoms with E-state index >= 15 is 0 Å². The van der Waals surface area contributed by atoms with E-state index in [9.17, 15) is 0 Å². The minimum atomic E-state index is 0. The van der Waals surface area contributed by atoms with Crippen LogP contribution in [0.5, 0.6) is 0 Å². The topological polar surface area (TPSA) is 0 Å². The van der Waals surface area contributed by atoms with Crippen LogP contribution in [-0.4, -0.2) is 0 Å². The number of aryl methyl sites for hydroxylation is 2. The van der Waals surface area contributed by atoms with Gasteiger partial charge in [0.1, 0.15) is 0 Å². The molecule has 1 aliphatic rings. The van der Waals surface area contributed by atoms with Gasteiger partial charge in [0.05, 0.1) is 0 Å². The molecule has 0 nitrogen and oxygen atoms in total. The number of hydrogen-bond donors (Lipinski definition) is 0. The molecule has 2 rings (SSSR count). The van der Waals surface area contributed by atoms with Crippen LogP contribution in [-0.2, 0) is 0 Å². The molecule has 1 aromatic carbocycles. The van der Waals surface area contributed by atoms with Crippen LogP contribution in [0, 0.1) is 13.8 Å². The summed E-state index contributed by atoms with van der Waals surface area (Å²) in [7, 11) is 0. The Bertz CT molecular complexity index is 331. The van der Waals surface area contributed by atoms with E-state index in [4.69, 9.17) is 0 Å². The van der Waals surface area contributed by atoms with Crippen LogP contribution in [0.4, 0.5) is 0 Å². The molecular weight excluding hydrogens is 204 g/mol. The molecule has 94 valence electrons. The van der Waals surface area contributed by atoms with E-state index in [1.165, 1.54) is 36.0 Å². The van der Waals surface area contributed by atoms with E-state index in [0.29, 0.717) is 0 Å². The highest BCUT2D eigenvalue weighted by Crippen LogP contribution is 2.11. The maximum atomic E-state index is 2.32. The van der Waals surface area contributed by atoms with E-state index < -0.39 is 0 Å². The summed E-state index contributed by atoms with van der Waals surface area (Å²) in [5, 5.41) is 0. The minimum absolute atomic E-state index is 0. The van der Waals surface area contributed by atoms with Crippen molar-refractivity contribution >= 4 is 0 Å². The summed E-state index contributed by atoms with van der Waals surface area (Å²) in [6.45, 7) is 6.39. The molecule has 0 fully saturated rings. The van der Waals surface area contributed by atoms with E-state index in [2.05, 4.69) is 63.3 Å². The predicted octanol–water partition coefficient (Wildman–Crippen LogP) is 5.61. The zero-order valence-electron chi connectivity index (χ0n) is 10.7. The van der Waals surface area contributed by atoms with Gasteiger partial charge in [0.15, 0.2) is 0 Å². The summed E-state index contributed by atoms with van der Waals surface area (Å²) in [5.74, 6) is 0. The lowest BCUT2D eigenvalue weighted by atomic mass is 10.1. The van der Waals surface area contributed by atoms with E-state index in [1.807, 2.05) is 0 Å². The van der Waals surface area contributed by atoms with Crippen molar-refractivity contribution in [2.45, 2.75) is 47.5 Å². The highest BCUT2D eigenvalue weighted by atomic mass is 14.0. The standard InChI is InChI=1S/C8H10.C8H12.CH4/c1-7-3-5-8(2)6-4-7;1-2-8-6-4-3-5-7-8;/h3-6H,1-2H3;4,6-7H,2-3,5H2,1H3;1H4. The minimum Gasteiger partial charge on any atom is -0.0840 e. The molecule has 0 heteroatoms. The third kappa shape index (κ3) is 6.78. The highest BCUT2D eigenvalue weighted by Gasteiger charge is 1.90. The monoisotopic (exact) mass is 230 g/mol. The summed E-state index contributed by atoms with van der Waals surface area (Å²) in [4.78, 5) is 0. The smallest absolute Gasteiger partial charge is 0.0310 e. The fourth-order valence-electron chi connectivity index (χ4n) is 1.57. The molecule has 0 heterocycles. The van der Waals surface area contributed by atoms with Gasteiger partial charge >= 0.3 is 0 Å². The van der Waals surface area contributed by atoms with Crippen LogP contribution in [0.15, 0.2) is 48.1 Å². The van der Waals surface area contributed by atoms with Crippen molar-refractivity contribution in [3.05, 3.63) is 59.2 Å². The maximum absolute atomic E-state index is 2.32. The fourth-order valence-corrected chi connectivity index (χ4v) is 1.57. The Labute approximate surface area is 107 Å². The average molecular weight is 230 g/mol. The molecule has 0 saturated carbocycles. The molecule has 0 aliphatic heterocycles. The van der Waals surface area contributed by atoms with E-state index in [1.54, 1.807) is 0 Å². The van der Waals surface area contributed by atoms with Crippen LogP contribution < -0.4 is 0 Å². The van der Waals surface area contributed by atoms with Gasteiger partial charge in [0.25, 0.3) is 0 Å². The molecule has 17 heavy (non-hydrogen) atoms. The first kappa shape index (κ1) is 15.7. The molecule has 1 aliphatic carbocycles. The molecule has 0 radical (unpaired) electrons. The second-order valence-electron chi connectivity index (χ2n) is 4.27. The van der Waals surface area contributed by atoms with Crippen LogP contribution >= 0.6 is 0 Å². The Morgan fingerprint density at radius 2 is 1.47 bits per heavy atom. The Balaban J connectivity index is 0.000000284. The first-order chi connectivity index (χ1) is 7.72. The van der Waals surface area contributed by atoms with Gasteiger partial charge in [0, 0.05) is 0 Å². The van der Waals surface area contributed by atoms with Gasteiger partial charge in [-0.1, -0.05) is 73.5 Å². The molecule has 0 unspecified atom stereocenters. The summed E-state index contributed by atoms with van der Waals surface area (Å²) in [6, 6.07) is 8.48. The quantitative estimate of drug-likeness (QED) is 0.588. The average Bonchev–Trinajstić information content (AvgIpc) is 2.35. The van der Waals surface area contributed by atoms with Gasteiger partial charge in [-0.05, 0) is 33.1 Å². The maximum Gasteiger partial charge on any atom is -0.0310 e. The Kier molecular flexibility index (Phi) is 8.13. The lowest BCUT2D eigenvalue weighted by Gasteiger charge is -2.01. The van der Waals surface area contributed by atoms with Gasteiger partial charge in [-0.3, -0.25) is 0 Å². The number of benzene rings is 1. The Hall–Kier alpha value is -1.30. The van der Waals surface area contributed by atoms with E-state index in [-0.39, 0.29) is 7.43 Å². The number of allylic oxidation sites excluding steroid dienone is 4. The Morgan fingerprint density at radius 1 is 0.941 bits per heavy atom. The van der Waals surface area contributed by atoms with Crippen LogP contribution in [0.3, 0.4) is 0 Å². The van der Waals surface area contributed by atoms with Gasteiger partial charge < -0.3 is 0 Å². The van der Waals surface area contributed by atoms with Crippen LogP contribution in [0.2, 0.25) is 0 Å². The lowest BCUT2D eigenvalue weighted by molar-refractivity contribution is 0.984. The van der Waals surface area contributed by atoms with Gasteiger partial charge in [-0.15, -0.1) is 0 Å². The zero-order chi connectivity index (χ0) is 11.8. The molecule has 0 spiro atoms. The summed E-state index contributed by atoms with van der Waals surface area (Å²) in [5.41, 5.74) is 4.16. The summed E-state index contributed by atoms with van der Waals surface area (Å²) >= 11 is 0. The van der Waals surface area contributed by atoms with Crippen molar-refractivity contribution in [1.29, 1.82) is 0 Å². The second-order valence-corrected chi connectivity index (χ2v) is 4.27. The van der Waals surface area contributed by atoms with Crippen molar-refractivity contribution in [2.75, 3.05) is 0 Å². The Morgan fingerprint density at radius 3 is 1.76 bits per heavy atom. The highest BCUT2D eigenvalue weighted by molar-refractivity contribution is 5.21. The van der Waals surface area contributed by atoms with E-state index in [0.717, 1.165) is 0 Å². The second kappa shape index (κ2) is 8.81. The molecule has 0 amide bonds. The first-order valence-corrected chi connectivity index (χ1v) is 6.11. The normalized spacial score (nSPS) is 13.0. The van der Waals surface area contributed by atoms with Gasteiger partial charge in [-0.25, -0.2) is 0 Å². The summed E-state index contributed by atoms with van der Waals surface area (Å²) in [6.07, 6.45) is 10.5. The van der Waals surface area contributed by atoms with Crippen LogP contribution in [0.1, 0.15) is 44.7 Å². The zero-order valence-corrected chi connectivity index (χ0v) is 10.7. The molecule has 0 saturated heterocycles. The van der Waals surface area contributed by atoms with Crippen molar-refractivity contribution in [3.8, 4) is 0 Å². The molecule has 0 N–H and O–H groups in total. The fraction of sp³-hybridized carbons (Fsp3) is 0.412. The van der Waals surface area contributed by atoms with Crippen molar-refractivity contribution in [2.24, 2.45) is 0 Å². The van der Waals surface area contributed by atoms with Crippen LogP contribution in [0.25, 0.3) is 0 Å². The summed E-state index contributed by atoms with van der Waals surface area (Å²) < 4.78 is 0. The SMILES string of the molecule is C.CCC1=CCCC=C1.Cc1ccc(C)cc1. The van der Waals surface area contributed by atoms with Gasteiger partial charge in [-0.2, -0.15) is 0 Å². The predicted molar refractivity (Wildman–Crippen MR) is 79.4 cm³/mol. The molecule has 0 aromatic heterocycles. The molecule has 1 aromatic rings. The van der Waals surface area contributed by atoms with Crippen molar-refractivity contribution in [1.82, 2.24) is 0 Å². The molecule has 0 bridgehead atoms. The third-order valence-electron chi connectivity index (χ3n) is 2.70. The van der Waals surface area contributed by atoms with Crippen molar-refractivity contribution < 1.29 is 0 Å². The third-order valence-corrected chi connectivity index (χ3v) is 2.70. The number of rotatable bonds is 1. The number of hydrogen-bond acceptors (Lipinski definition) is 0. The molecule has 0 atom stereocenters. The van der Waals surface area contributed by atoms with Crippen molar-refractivity contribution in [3.63, 3.8) is 0 Å². The molecular formula is C17H26. The largest absolute Gasteiger partial charge is 0.0840 e.